The monoisotopic (exact) mass is 706 g/mol. The summed E-state index contributed by atoms with van der Waals surface area (Å²) >= 11 is 1.15. The summed E-state index contributed by atoms with van der Waals surface area (Å²) in [6.45, 7) is 2.44. The molecule has 3 aromatic rings. The Hall–Kier alpha value is -3.89. The van der Waals surface area contributed by atoms with E-state index in [4.69, 9.17) is 0 Å². The van der Waals surface area contributed by atoms with E-state index in [-0.39, 0.29) is 35.3 Å². The van der Waals surface area contributed by atoms with Crippen LogP contribution in [0.15, 0.2) is 42.7 Å². The summed E-state index contributed by atoms with van der Waals surface area (Å²) in [5.41, 5.74) is 1.96. The number of nitrogens with one attached hydrogen (secondary N) is 1. The number of nitrogens with zero attached hydrogens (tertiary/aromatic N) is 5. The molecule has 5 aliphatic rings. The number of hydrogen-bond donors (Lipinski definition) is 3. The number of benzene rings is 1. The molecule has 5 fully saturated rings. The van der Waals surface area contributed by atoms with Crippen LogP contribution < -0.4 is 10.2 Å². The van der Waals surface area contributed by atoms with E-state index in [1.54, 1.807) is 17.2 Å². The maximum absolute atomic E-state index is 14.3. The number of nitriles is 1. The number of pyridine rings is 1. The van der Waals surface area contributed by atoms with Crippen molar-refractivity contribution in [2.75, 3.05) is 31.1 Å². The van der Waals surface area contributed by atoms with Crippen molar-refractivity contribution in [1.82, 2.24) is 20.1 Å². The Bertz CT molecular complexity index is 1930. The first-order valence-corrected chi connectivity index (χ1v) is 19.2. The van der Waals surface area contributed by atoms with Crippen LogP contribution in [0.3, 0.4) is 0 Å². The van der Waals surface area contributed by atoms with Crippen LogP contribution in [0, 0.1) is 29.1 Å². The molecule has 0 bridgehead atoms. The Morgan fingerprint density at radius 2 is 1.86 bits per heavy atom. The fraction of sp³-hybridized carbons (Fsp3) is 0.500. The molecule has 0 radical (unpaired) electrons. The van der Waals surface area contributed by atoms with E-state index in [2.05, 4.69) is 21.3 Å². The largest absolute Gasteiger partial charge is 0.368 e. The average Bonchev–Trinajstić information content (AvgIpc) is 3.39. The minimum Gasteiger partial charge on any atom is -0.368 e. The van der Waals surface area contributed by atoms with E-state index in [0.29, 0.717) is 65.8 Å². The number of likely N-dealkylation sites (tertiary alicyclic amines) is 1. The molecular formula is C34H36FN6O6PS. The quantitative estimate of drug-likeness (QED) is 0.309. The van der Waals surface area contributed by atoms with E-state index in [1.807, 2.05) is 17.2 Å². The molecular weight excluding hydrogens is 670 g/mol. The van der Waals surface area contributed by atoms with Gasteiger partial charge in [-0.1, -0.05) is 6.07 Å². The Kier molecular flexibility index (Phi) is 8.02. The van der Waals surface area contributed by atoms with Crippen molar-refractivity contribution in [3.63, 3.8) is 0 Å². The van der Waals surface area contributed by atoms with Crippen LogP contribution in [0.25, 0.3) is 10.1 Å². The molecule has 4 aliphatic heterocycles. The van der Waals surface area contributed by atoms with E-state index in [0.717, 1.165) is 41.9 Å². The van der Waals surface area contributed by atoms with Crippen molar-refractivity contribution in [2.45, 2.75) is 62.1 Å². The molecule has 6 atom stereocenters. The summed E-state index contributed by atoms with van der Waals surface area (Å²) in [7, 11) is -4.99. The Labute approximate surface area is 286 Å². The first kappa shape index (κ1) is 32.3. The van der Waals surface area contributed by atoms with Crippen LogP contribution in [0.5, 0.6) is 0 Å². The molecule has 0 spiro atoms. The normalized spacial score (nSPS) is 27.7. The second-order valence-electron chi connectivity index (χ2n) is 14.2. The predicted octanol–water partition coefficient (Wildman–Crippen LogP) is 3.92. The van der Waals surface area contributed by atoms with Gasteiger partial charge in [0.05, 0.1) is 16.9 Å². The van der Waals surface area contributed by atoms with Gasteiger partial charge in [0.15, 0.2) is 0 Å². The maximum atomic E-state index is 14.3. The van der Waals surface area contributed by atoms with Gasteiger partial charge in [-0.2, -0.15) is 5.26 Å². The topological polar surface area (TPSA) is 167 Å². The third-order valence-corrected chi connectivity index (χ3v) is 13.0. The van der Waals surface area contributed by atoms with Gasteiger partial charge in [-0.05, 0) is 79.2 Å². The van der Waals surface area contributed by atoms with Gasteiger partial charge < -0.3 is 29.8 Å². The van der Waals surface area contributed by atoms with Gasteiger partial charge in [0.2, 0.25) is 17.7 Å². The summed E-state index contributed by atoms with van der Waals surface area (Å²) in [5.74, 6) is -2.27. The number of aromatic nitrogens is 1. The number of rotatable bonds is 7. The van der Waals surface area contributed by atoms with Crippen LogP contribution >= 0.6 is 18.9 Å². The van der Waals surface area contributed by atoms with Crippen molar-refractivity contribution in [2.24, 2.45) is 17.8 Å². The second kappa shape index (κ2) is 12.2. The molecule has 1 saturated carbocycles. The van der Waals surface area contributed by atoms with Crippen LogP contribution in [-0.2, 0) is 14.2 Å². The molecule has 1 aromatic carbocycles. The Balaban J connectivity index is 0.960. The van der Waals surface area contributed by atoms with E-state index in [9.17, 15) is 38.4 Å². The molecule has 1 aliphatic carbocycles. The van der Waals surface area contributed by atoms with Crippen molar-refractivity contribution in [3.05, 3.63) is 58.7 Å². The lowest BCUT2D eigenvalue weighted by Gasteiger charge is -2.45. The molecule has 6 heterocycles. The molecule has 3 N–H and O–H groups in total. The van der Waals surface area contributed by atoms with Crippen molar-refractivity contribution < 1.29 is 33.1 Å². The summed E-state index contributed by atoms with van der Waals surface area (Å²) in [5, 5.41) is 12.6. The van der Waals surface area contributed by atoms with Gasteiger partial charge in [-0.3, -0.25) is 23.9 Å². The lowest BCUT2D eigenvalue weighted by atomic mass is 9.88. The highest BCUT2D eigenvalue weighted by Crippen LogP contribution is 2.53. The van der Waals surface area contributed by atoms with Crippen molar-refractivity contribution in [3.8, 4) is 6.07 Å². The molecule has 15 heteroatoms. The van der Waals surface area contributed by atoms with Gasteiger partial charge in [0.1, 0.15) is 12.1 Å². The molecule has 4 saturated heterocycles. The highest BCUT2D eigenvalue weighted by molar-refractivity contribution is 7.51. The number of halogens is 1. The zero-order chi connectivity index (χ0) is 34.2. The minimum absolute atomic E-state index is 0.0252. The maximum Gasteiger partial charge on any atom is 0.363 e. The van der Waals surface area contributed by atoms with Crippen LogP contribution in [0.4, 0.5) is 10.1 Å². The summed E-state index contributed by atoms with van der Waals surface area (Å²) in [6, 6.07) is 8.55. The fourth-order valence-electron chi connectivity index (χ4n) is 8.20. The number of carbonyl (C=O) groups excluding carboxylic acids is 3. The second-order valence-corrected chi connectivity index (χ2v) is 16.9. The zero-order valence-electron chi connectivity index (χ0n) is 26.5. The van der Waals surface area contributed by atoms with Crippen LogP contribution in [-0.4, -0.2) is 86.6 Å². The standard InChI is InChI=1S/C34H36FN6O6PS/c35-31(48(45,46)47)19-1-4-29-22(7-19)11-30(49-29)32(42)38-26-10-21-8-20(21)9-24-2-3-28(41(24)33(26)43)34(44)40-16-23(17-40)25-13-37-6-5-27(25)39-14-18(12-36)15-39/h1,4-7,11,13,18,20-21,23-24,26,28,31H,2-3,8-10,14-17H2,(H,38,42)(H2,45,46,47)/t20-,21+,24-,26+,28+,31+/m1/s1. The number of alkyl halides is 1. The van der Waals surface area contributed by atoms with Crippen LogP contribution in [0.2, 0.25) is 0 Å². The molecule has 0 unspecified atom stereocenters. The minimum atomic E-state index is -4.99. The zero-order valence-corrected chi connectivity index (χ0v) is 28.2. The molecule has 8 rings (SSSR count). The SMILES string of the molecule is N#CC1CN(c2ccncc2C2CN(C(=O)[C@@H]3CC[C@@H]4C[C@H]5C[C@H]5C[C@H](NC(=O)c5cc6cc([C@@H](F)P(=O)(O)O)ccc6s5)C(=O)N43)C2)C1. The first-order valence-electron chi connectivity index (χ1n) is 16.7. The van der Waals surface area contributed by atoms with E-state index >= 15 is 0 Å². The number of amides is 3. The summed E-state index contributed by atoms with van der Waals surface area (Å²) in [6.07, 6.45) is 7.28. The molecule has 2 aromatic heterocycles. The first-order chi connectivity index (χ1) is 23.5. The predicted molar refractivity (Wildman–Crippen MR) is 178 cm³/mol. The molecule has 12 nitrogen and oxygen atoms in total. The van der Waals surface area contributed by atoms with E-state index < -0.39 is 31.5 Å². The smallest absolute Gasteiger partial charge is 0.363 e. The van der Waals surface area contributed by atoms with Gasteiger partial charge in [0, 0.05) is 66.5 Å². The Morgan fingerprint density at radius 3 is 2.61 bits per heavy atom. The number of hydrogen-bond acceptors (Lipinski definition) is 8. The molecule has 256 valence electrons. The van der Waals surface area contributed by atoms with Gasteiger partial charge in [-0.15, -0.1) is 11.3 Å². The Morgan fingerprint density at radius 1 is 1.08 bits per heavy atom. The number of carbonyl (C=O) groups is 3. The summed E-state index contributed by atoms with van der Waals surface area (Å²) < 4.78 is 26.4. The fourth-order valence-corrected chi connectivity index (χ4v) is 9.70. The third kappa shape index (κ3) is 5.90. The van der Waals surface area contributed by atoms with Gasteiger partial charge >= 0.3 is 7.60 Å². The van der Waals surface area contributed by atoms with Crippen molar-refractivity contribution >= 4 is 52.4 Å². The highest BCUT2D eigenvalue weighted by atomic mass is 32.1. The number of anilines is 1. The molecule has 49 heavy (non-hydrogen) atoms. The third-order valence-electron chi connectivity index (χ3n) is 11.0. The number of fused-ring (bicyclic) bond motifs is 3. The summed E-state index contributed by atoms with van der Waals surface area (Å²) in [4.78, 5) is 70.6. The average molecular weight is 707 g/mol. The van der Waals surface area contributed by atoms with E-state index in [1.165, 1.54) is 18.2 Å². The highest BCUT2D eigenvalue weighted by Gasteiger charge is 2.52. The lowest BCUT2D eigenvalue weighted by Crippen LogP contribution is -2.60. The van der Waals surface area contributed by atoms with Crippen molar-refractivity contribution in [1.29, 1.82) is 5.26 Å². The van der Waals surface area contributed by atoms with Gasteiger partial charge in [-0.25, -0.2) is 4.39 Å². The van der Waals surface area contributed by atoms with Gasteiger partial charge in [0.25, 0.3) is 5.91 Å². The lowest BCUT2D eigenvalue weighted by molar-refractivity contribution is -0.149. The number of thiophene rings is 1. The van der Waals surface area contributed by atoms with Crippen LogP contribution in [0.1, 0.15) is 64.7 Å². The molecule has 3 amide bonds.